The minimum Gasteiger partial charge on any atom is -0.494 e. The van der Waals surface area contributed by atoms with Gasteiger partial charge in [0.2, 0.25) is 0 Å². The van der Waals surface area contributed by atoms with E-state index in [2.05, 4.69) is 13.5 Å². The van der Waals surface area contributed by atoms with E-state index in [0.29, 0.717) is 30.3 Å². The average Bonchev–Trinajstić information content (AvgIpc) is 3.10. The van der Waals surface area contributed by atoms with Crippen molar-refractivity contribution < 1.29 is 33.3 Å². The number of unbranched alkanes of at least 4 members (excludes halogenated alkanes) is 10. The second kappa shape index (κ2) is 23.3. The smallest absolute Gasteiger partial charge is 0.343 e. The van der Waals surface area contributed by atoms with Gasteiger partial charge in [-0.2, -0.15) is 0 Å². The predicted octanol–water partition coefficient (Wildman–Crippen LogP) is 9.81. The van der Waals surface area contributed by atoms with E-state index in [1.807, 2.05) is 60.7 Å². The first-order valence-electron chi connectivity index (χ1n) is 17.2. The van der Waals surface area contributed by atoms with Gasteiger partial charge in [-0.3, -0.25) is 0 Å². The van der Waals surface area contributed by atoms with Crippen molar-refractivity contribution in [3.05, 3.63) is 102 Å². The zero-order valence-corrected chi connectivity index (χ0v) is 28.1. The van der Waals surface area contributed by atoms with Crippen molar-refractivity contribution in [1.29, 1.82) is 0 Å². The van der Waals surface area contributed by atoms with Gasteiger partial charge in [-0.1, -0.05) is 95.6 Å². The lowest BCUT2D eigenvalue weighted by Gasteiger charge is -2.10. The Labute approximate surface area is 281 Å². The van der Waals surface area contributed by atoms with Gasteiger partial charge in [0.15, 0.2) is 6.79 Å². The van der Waals surface area contributed by atoms with Crippen LogP contribution in [0.5, 0.6) is 17.2 Å². The maximum atomic E-state index is 12.7. The molecule has 3 rings (SSSR count). The maximum absolute atomic E-state index is 12.7. The number of esters is 2. The van der Waals surface area contributed by atoms with Crippen LogP contribution in [0.4, 0.5) is 0 Å². The third kappa shape index (κ3) is 16.3. The zero-order chi connectivity index (χ0) is 33.4. The molecule has 0 amide bonds. The van der Waals surface area contributed by atoms with E-state index >= 15 is 0 Å². The zero-order valence-electron chi connectivity index (χ0n) is 28.1. The van der Waals surface area contributed by atoms with Crippen molar-refractivity contribution >= 4 is 11.9 Å². The van der Waals surface area contributed by atoms with Gasteiger partial charge in [-0.15, -0.1) is 0 Å². The quantitative estimate of drug-likeness (QED) is 0.0299. The molecule has 0 N–H and O–H groups in total. The molecule has 7 nitrogen and oxygen atoms in total. The number of aryl methyl sites for hydroxylation is 1. The van der Waals surface area contributed by atoms with Crippen molar-refractivity contribution in [2.75, 3.05) is 20.0 Å². The van der Waals surface area contributed by atoms with E-state index in [9.17, 15) is 9.59 Å². The summed E-state index contributed by atoms with van der Waals surface area (Å²) in [6, 6.07) is 22.8. The van der Waals surface area contributed by atoms with E-state index in [-0.39, 0.29) is 12.8 Å². The molecule has 0 aliphatic heterocycles. The summed E-state index contributed by atoms with van der Waals surface area (Å²) >= 11 is 0. The van der Waals surface area contributed by atoms with Crippen molar-refractivity contribution in [2.24, 2.45) is 0 Å². The summed E-state index contributed by atoms with van der Waals surface area (Å²) in [4.78, 5) is 23.6. The van der Waals surface area contributed by atoms with Gasteiger partial charge >= 0.3 is 11.9 Å². The molecule has 0 atom stereocenters. The van der Waals surface area contributed by atoms with Crippen LogP contribution in [0, 0.1) is 0 Å². The summed E-state index contributed by atoms with van der Waals surface area (Å²) in [5.74, 6) is 1.23. The minimum atomic E-state index is -0.458. The molecule has 254 valence electrons. The van der Waals surface area contributed by atoms with E-state index in [1.165, 1.54) is 56.9 Å². The molecule has 3 aromatic rings. The highest BCUT2D eigenvalue weighted by Gasteiger charge is 2.09. The van der Waals surface area contributed by atoms with Gasteiger partial charge in [0.05, 0.1) is 18.8 Å². The van der Waals surface area contributed by atoms with Crippen LogP contribution in [-0.4, -0.2) is 31.9 Å². The number of hydrogen-bond acceptors (Lipinski definition) is 7. The Bertz CT molecular complexity index is 1280. The molecule has 0 aliphatic rings. The van der Waals surface area contributed by atoms with Crippen molar-refractivity contribution in [2.45, 2.75) is 97.0 Å². The Balaban J connectivity index is 1.24. The second-order valence-corrected chi connectivity index (χ2v) is 11.7. The van der Waals surface area contributed by atoms with Gasteiger partial charge in [-0.05, 0) is 85.3 Å². The Morgan fingerprint density at radius 1 is 0.617 bits per heavy atom. The maximum Gasteiger partial charge on any atom is 0.343 e. The van der Waals surface area contributed by atoms with Crippen molar-refractivity contribution in [3.63, 3.8) is 0 Å². The molecular formula is C40H52O7. The van der Waals surface area contributed by atoms with Crippen LogP contribution in [0.15, 0.2) is 85.5 Å². The third-order valence-electron chi connectivity index (χ3n) is 7.77. The van der Waals surface area contributed by atoms with E-state index in [0.717, 1.165) is 56.1 Å². The molecule has 7 heteroatoms. The van der Waals surface area contributed by atoms with Gasteiger partial charge in [0.25, 0.3) is 0 Å². The average molecular weight is 645 g/mol. The molecule has 3 aromatic carbocycles. The number of rotatable bonds is 25. The first-order chi connectivity index (χ1) is 23.1. The molecule has 0 fully saturated rings. The molecule has 0 spiro atoms. The fourth-order valence-electron chi connectivity index (χ4n) is 4.96. The van der Waals surface area contributed by atoms with Crippen LogP contribution in [0.2, 0.25) is 0 Å². The molecule has 0 saturated carbocycles. The Morgan fingerprint density at radius 3 is 1.85 bits per heavy atom. The summed E-state index contributed by atoms with van der Waals surface area (Å²) in [7, 11) is 0. The van der Waals surface area contributed by atoms with Crippen LogP contribution in [0.3, 0.4) is 0 Å². The molecule has 0 aromatic heterocycles. The Morgan fingerprint density at radius 2 is 1.17 bits per heavy atom. The van der Waals surface area contributed by atoms with Crippen LogP contribution >= 0.6 is 0 Å². The van der Waals surface area contributed by atoms with Gasteiger partial charge in [-0.25, -0.2) is 9.59 Å². The fraction of sp³-hybridized carbons (Fsp3) is 0.450. The molecule has 0 radical (unpaired) electrons. The Kier molecular flexibility index (Phi) is 18.5. The van der Waals surface area contributed by atoms with E-state index in [4.69, 9.17) is 23.7 Å². The highest BCUT2D eigenvalue weighted by molar-refractivity contribution is 5.91. The number of ether oxygens (including phenoxy) is 5. The van der Waals surface area contributed by atoms with Gasteiger partial charge in [0, 0.05) is 6.08 Å². The van der Waals surface area contributed by atoms with E-state index in [1.54, 1.807) is 12.1 Å². The topological polar surface area (TPSA) is 80.3 Å². The molecule has 0 unspecified atom stereocenters. The van der Waals surface area contributed by atoms with Crippen molar-refractivity contribution in [1.82, 2.24) is 0 Å². The second-order valence-electron chi connectivity index (χ2n) is 11.7. The molecule has 0 bridgehead atoms. The number of hydrogen-bond donors (Lipinski definition) is 0. The Hall–Kier alpha value is -4.10. The number of carbonyl (C=O) groups is 2. The highest BCUT2D eigenvalue weighted by atomic mass is 16.7. The summed E-state index contributed by atoms with van der Waals surface area (Å²) < 4.78 is 27.3. The van der Waals surface area contributed by atoms with E-state index < -0.39 is 5.97 Å². The van der Waals surface area contributed by atoms with Crippen LogP contribution in [-0.2, 0) is 27.3 Å². The summed E-state index contributed by atoms with van der Waals surface area (Å²) in [5.41, 5.74) is 2.82. The molecular weight excluding hydrogens is 592 g/mol. The minimum absolute atomic E-state index is 0.00390. The molecule has 47 heavy (non-hydrogen) atoms. The summed E-state index contributed by atoms with van der Waals surface area (Å²) in [6.07, 6.45) is 16.2. The van der Waals surface area contributed by atoms with Crippen LogP contribution < -0.4 is 14.2 Å². The molecule has 0 saturated heterocycles. The van der Waals surface area contributed by atoms with Gasteiger partial charge in [0.1, 0.15) is 23.9 Å². The molecule has 0 aliphatic carbocycles. The lowest BCUT2D eigenvalue weighted by atomic mass is 10.0. The number of benzene rings is 3. The van der Waals surface area contributed by atoms with Crippen LogP contribution in [0.25, 0.3) is 0 Å². The van der Waals surface area contributed by atoms with Crippen LogP contribution in [0.1, 0.15) is 105 Å². The largest absolute Gasteiger partial charge is 0.494 e. The third-order valence-corrected chi connectivity index (χ3v) is 7.77. The number of carbonyl (C=O) groups excluding carboxylic acids is 2. The SMILES string of the molecule is C=CC(=O)OCOCCCCCCCCCCc1ccc(C(=O)Oc2ccc(OCc3ccc(OCCCCCC)cc3)cc2)cc1. The fourth-order valence-corrected chi connectivity index (χ4v) is 4.96. The predicted molar refractivity (Wildman–Crippen MR) is 186 cm³/mol. The highest BCUT2D eigenvalue weighted by Crippen LogP contribution is 2.21. The summed E-state index contributed by atoms with van der Waals surface area (Å²) in [5, 5.41) is 0. The lowest BCUT2D eigenvalue weighted by molar-refractivity contribution is -0.150. The monoisotopic (exact) mass is 644 g/mol. The lowest BCUT2D eigenvalue weighted by Crippen LogP contribution is -2.08. The normalized spacial score (nSPS) is 10.7. The van der Waals surface area contributed by atoms with Gasteiger partial charge < -0.3 is 23.7 Å². The first-order valence-corrected chi connectivity index (χ1v) is 17.2. The first kappa shape index (κ1) is 37.4. The standard InChI is InChI=1S/C40H52O7/c1-3-5-6-15-30-44-36-23-19-34(20-24-36)31-45-37-25-27-38(28-26-37)47-40(42)35-21-17-33(18-22-35)16-13-11-9-7-8-10-12-14-29-43-32-46-39(41)4-2/h4,17-28H,2-3,5-16,29-32H2,1H3. The molecule has 0 heterocycles. The van der Waals surface area contributed by atoms with Crippen molar-refractivity contribution in [3.8, 4) is 17.2 Å². The summed E-state index contributed by atoms with van der Waals surface area (Å²) in [6.45, 7) is 7.34.